The molecule has 26 heavy (non-hydrogen) atoms. The molecule has 4 atom stereocenters. The molecule has 0 aromatic heterocycles. The molecule has 0 aliphatic heterocycles. The summed E-state index contributed by atoms with van der Waals surface area (Å²) in [7, 11) is 0. The molecule has 1 aromatic rings. The number of hydrogen-bond acceptors (Lipinski definition) is 2. The minimum atomic E-state index is 0.659. The van der Waals surface area contributed by atoms with Gasteiger partial charge in [-0.3, -0.25) is 0 Å². The third-order valence-corrected chi connectivity index (χ3v) is 8.05. The second-order valence-electron chi connectivity index (χ2n) is 9.24. The zero-order chi connectivity index (χ0) is 18.1. The topological polar surface area (TPSA) is 12.5 Å². The minimum absolute atomic E-state index is 0.659. The van der Waals surface area contributed by atoms with E-state index in [9.17, 15) is 0 Å². The smallest absolute Gasteiger partial charge is 0.119 e. The lowest BCUT2D eigenvalue weighted by atomic mass is 9.56. The average molecular weight is 356 g/mol. The summed E-state index contributed by atoms with van der Waals surface area (Å²) in [5, 5.41) is 0. The quantitative estimate of drug-likeness (QED) is 0.653. The molecule has 2 nitrogen and oxygen atoms in total. The Hall–Kier alpha value is -1.02. The van der Waals surface area contributed by atoms with Crippen molar-refractivity contribution in [2.75, 3.05) is 26.2 Å². The molecule has 0 N–H and O–H groups in total. The standard InChI is InChI=1S/C24H37NO/c1-4-25(5-2)15-16-26-19-9-11-20-18(17-19)8-10-22-21(20)12-14-24(3)13-6-7-23(22)24/h9,11,17,21-23H,4-8,10,12-16H2,1-3H3/t21-,22-,23+,24-/m1/s1. The van der Waals surface area contributed by atoms with Gasteiger partial charge in [-0.15, -0.1) is 0 Å². The van der Waals surface area contributed by atoms with Crippen molar-refractivity contribution in [3.05, 3.63) is 29.3 Å². The number of nitrogens with zero attached hydrogens (tertiary/aromatic N) is 1. The highest BCUT2D eigenvalue weighted by Gasteiger charge is 2.50. The van der Waals surface area contributed by atoms with Gasteiger partial charge in [-0.1, -0.05) is 33.3 Å². The molecule has 0 radical (unpaired) electrons. The zero-order valence-corrected chi connectivity index (χ0v) is 17.1. The second-order valence-corrected chi connectivity index (χ2v) is 9.24. The van der Waals surface area contributed by atoms with E-state index < -0.39 is 0 Å². The van der Waals surface area contributed by atoms with Crippen molar-refractivity contribution < 1.29 is 4.74 Å². The lowest BCUT2D eigenvalue weighted by molar-refractivity contribution is 0.0598. The summed E-state index contributed by atoms with van der Waals surface area (Å²) in [5.74, 6) is 3.83. The highest BCUT2D eigenvalue weighted by Crippen LogP contribution is 2.60. The van der Waals surface area contributed by atoms with Crippen LogP contribution in [0.3, 0.4) is 0 Å². The molecule has 0 heterocycles. The fraction of sp³-hybridized carbons (Fsp3) is 0.750. The van der Waals surface area contributed by atoms with Gasteiger partial charge in [0, 0.05) is 6.54 Å². The summed E-state index contributed by atoms with van der Waals surface area (Å²) in [6.07, 6.45) is 9.95. The zero-order valence-electron chi connectivity index (χ0n) is 17.1. The Morgan fingerprint density at radius 2 is 1.96 bits per heavy atom. The Balaban J connectivity index is 1.44. The van der Waals surface area contributed by atoms with Crippen LogP contribution in [0.2, 0.25) is 0 Å². The maximum absolute atomic E-state index is 6.09. The largest absolute Gasteiger partial charge is 0.492 e. The van der Waals surface area contributed by atoms with Crippen LogP contribution in [0.4, 0.5) is 0 Å². The predicted octanol–water partition coefficient (Wildman–Crippen LogP) is 5.65. The fourth-order valence-corrected chi connectivity index (χ4v) is 6.47. The van der Waals surface area contributed by atoms with E-state index in [-0.39, 0.29) is 0 Å². The number of aryl methyl sites for hydroxylation is 1. The number of fused-ring (bicyclic) bond motifs is 5. The molecule has 2 fully saturated rings. The summed E-state index contributed by atoms with van der Waals surface area (Å²) >= 11 is 0. The van der Waals surface area contributed by atoms with Gasteiger partial charge in [-0.05, 0) is 98.0 Å². The van der Waals surface area contributed by atoms with Crippen LogP contribution in [0.15, 0.2) is 18.2 Å². The Morgan fingerprint density at radius 1 is 1.12 bits per heavy atom. The van der Waals surface area contributed by atoms with E-state index in [1.165, 1.54) is 44.9 Å². The van der Waals surface area contributed by atoms with Crippen molar-refractivity contribution in [1.82, 2.24) is 4.90 Å². The summed E-state index contributed by atoms with van der Waals surface area (Å²) in [4.78, 5) is 2.42. The molecule has 144 valence electrons. The summed E-state index contributed by atoms with van der Waals surface area (Å²) < 4.78 is 6.09. The highest BCUT2D eigenvalue weighted by molar-refractivity contribution is 5.40. The molecule has 3 aliphatic carbocycles. The van der Waals surface area contributed by atoms with Crippen molar-refractivity contribution in [3.8, 4) is 5.75 Å². The number of benzene rings is 1. The maximum atomic E-state index is 6.09. The second kappa shape index (κ2) is 7.54. The summed E-state index contributed by atoms with van der Waals surface area (Å²) in [5.41, 5.74) is 3.89. The SMILES string of the molecule is CCN(CC)CCOc1ccc2c(c1)CC[C@@H]1[C@@H]2CC[C@@]2(C)CCC[C@@H]12. The van der Waals surface area contributed by atoms with Crippen LogP contribution in [-0.4, -0.2) is 31.1 Å². The van der Waals surface area contributed by atoms with E-state index in [0.717, 1.165) is 49.7 Å². The first kappa shape index (κ1) is 18.3. The van der Waals surface area contributed by atoms with Gasteiger partial charge >= 0.3 is 0 Å². The molecule has 1 aromatic carbocycles. The van der Waals surface area contributed by atoms with Gasteiger partial charge in [-0.25, -0.2) is 0 Å². The van der Waals surface area contributed by atoms with Crippen LogP contribution >= 0.6 is 0 Å². The van der Waals surface area contributed by atoms with Crippen LogP contribution in [-0.2, 0) is 6.42 Å². The first-order valence-corrected chi connectivity index (χ1v) is 11.1. The fourth-order valence-electron chi connectivity index (χ4n) is 6.47. The molecule has 2 saturated carbocycles. The van der Waals surface area contributed by atoms with E-state index >= 15 is 0 Å². The van der Waals surface area contributed by atoms with Crippen LogP contribution in [0.1, 0.15) is 76.3 Å². The predicted molar refractivity (Wildman–Crippen MR) is 109 cm³/mol. The van der Waals surface area contributed by atoms with Crippen LogP contribution < -0.4 is 4.74 Å². The van der Waals surface area contributed by atoms with Crippen LogP contribution in [0.25, 0.3) is 0 Å². The van der Waals surface area contributed by atoms with Gasteiger partial charge < -0.3 is 9.64 Å². The van der Waals surface area contributed by atoms with E-state index in [2.05, 4.69) is 43.9 Å². The van der Waals surface area contributed by atoms with Gasteiger partial charge in [0.15, 0.2) is 0 Å². The third-order valence-electron chi connectivity index (χ3n) is 8.05. The molecule has 0 saturated heterocycles. The normalized spacial score (nSPS) is 32.8. The van der Waals surface area contributed by atoms with Crippen LogP contribution in [0, 0.1) is 17.3 Å². The molecule has 0 unspecified atom stereocenters. The average Bonchev–Trinajstić information content (AvgIpc) is 3.06. The van der Waals surface area contributed by atoms with Gasteiger partial charge in [0.2, 0.25) is 0 Å². The first-order valence-electron chi connectivity index (χ1n) is 11.1. The molecule has 4 rings (SSSR count). The maximum Gasteiger partial charge on any atom is 0.119 e. The monoisotopic (exact) mass is 355 g/mol. The highest BCUT2D eigenvalue weighted by atomic mass is 16.5. The van der Waals surface area contributed by atoms with E-state index in [1.54, 1.807) is 11.1 Å². The number of ether oxygens (including phenoxy) is 1. The van der Waals surface area contributed by atoms with Crippen LogP contribution in [0.5, 0.6) is 5.75 Å². The Morgan fingerprint density at radius 3 is 2.77 bits per heavy atom. The van der Waals surface area contributed by atoms with Crippen molar-refractivity contribution in [1.29, 1.82) is 0 Å². The number of likely N-dealkylation sites (N-methyl/N-ethyl adjacent to an activating group) is 1. The molecule has 0 amide bonds. The molecular weight excluding hydrogens is 318 g/mol. The minimum Gasteiger partial charge on any atom is -0.492 e. The van der Waals surface area contributed by atoms with E-state index in [4.69, 9.17) is 4.74 Å². The van der Waals surface area contributed by atoms with Gasteiger partial charge in [0.1, 0.15) is 12.4 Å². The van der Waals surface area contributed by atoms with E-state index in [0.29, 0.717) is 5.41 Å². The van der Waals surface area contributed by atoms with Crippen molar-refractivity contribution in [3.63, 3.8) is 0 Å². The lowest BCUT2D eigenvalue weighted by Gasteiger charge is -2.49. The summed E-state index contributed by atoms with van der Waals surface area (Å²) in [6.45, 7) is 11.1. The molecular formula is C24H37NO. The van der Waals surface area contributed by atoms with Crippen molar-refractivity contribution in [2.45, 2.75) is 71.6 Å². The number of hydrogen-bond donors (Lipinski definition) is 0. The Labute approximate surface area is 160 Å². The molecule has 0 spiro atoms. The van der Waals surface area contributed by atoms with Gasteiger partial charge in [0.25, 0.3) is 0 Å². The molecule has 3 aliphatic rings. The first-order chi connectivity index (χ1) is 12.6. The Bertz CT molecular complexity index is 623. The van der Waals surface area contributed by atoms with Gasteiger partial charge in [0.05, 0.1) is 0 Å². The summed E-state index contributed by atoms with van der Waals surface area (Å²) in [6, 6.07) is 7.01. The van der Waals surface area contributed by atoms with Crippen molar-refractivity contribution >= 4 is 0 Å². The lowest BCUT2D eigenvalue weighted by Crippen LogP contribution is -2.39. The Kier molecular flexibility index (Phi) is 5.32. The van der Waals surface area contributed by atoms with Gasteiger partial charge in [-0.2, -0.15) is 0 Å². The van der Waals surface area contributed by atoms with Crippen molar-refractivity contribution in [2.24, 2.45) is 17.3 Å². The molecule has 0 bridgehead atoms. The van der Waals surface area contributed by atoms with E-state index in [1.807, 2.05) is 0 Å². The third kappa shape index (κ3) is 3.30. The number of rotatable bonds is 6. The molecule has 2 heteroatoms.